The van der Waals surface area contributed by atoms with E-state index in [1.807, 2.05) is 30.3 Å². The van der Waals surface area contributed by atoms with Crippen molar-refractivity contribution in [3.05, 3.63) is 59.0 Å². The van der Waals surface area contributed by atoms with E-state index in [2.05, 4.69) is 22.2 Å². The molecule has 2 aromatic heterocycles. The number of benzene rings is 1. The van der Waals surface area contributed by atoms with Crippen molar-refractivity contribution in [1.29, 1.82) is 0 Å². The molecule has 2 heterocycles. The number of amides is 1. The molecular weight excluding hydrogens is 408 g/mol. The Balaban J connectivity index is 1.36. The summed E-state index contributed by atoms with van der Waals surface area (Å²) in [6, 6.07) is 13.1. The molecule has 0 saturated heterocycles. The molecule has 4 atom stereocenters. The first-order chi connectivity index (χ1) is 15.1. The Morgan fingerprint density at radius 1 is 1.19 bits per heavy atom. The minimum Gasteiger partial charge on any atom is -0.353 e. The van der Waals surface area contributed by atoms with E-state index < -0.39 is 0 Å². The fraction of sp³-hybridized carbons (Fsp3) is 0.417. The Hall–Kier alpha value is -2.67. The first-order valence-electron chi connectivity index (χ1n) is 11.0. The number of aromatic nitrogens is 3. The van der Waals surface area contributed by atoms with Crippen molar-refractivity contribution in [2.45, 2.75) is 43.8 Å². The van der Waals surface area contributed by atoms with Crippen LogP contribution in [0.4, 0.5) is 0 Å². The van der Waals surface area contributed by atoms with E-state index in [4.69, 9.17) is 0 Å². The molecule has 1 aromatic carbocycles. The Kier molecular flexibility index (Phi) is 5.52. The van der Waals surface area contributed by atoms with Gasteiger partial charge in [0, 0.05) is 12.2 Å². The second kappa shape index (κ2) is 8.46. The van der Waals surface area contributed by atoms with Gasteiger partial charge in [-0.25, -0.2) is 9.97 Å². The lowest BCUT2D eigenvalue weighted by Gasteiger charge is -2.28. The van der Waals surface area contributed by atoms with E-state index in [1.54, 1.807) is 22.9 Å². The van der Waals surface area contributed by atoms with E-state index in [0.717, 1.165) is 17.5 Å². The molecule has 0 aliphatic heterocycles. The highest BCUT2D eigenvalue weighted by molar-refractivity contribution is 7.99. The molecule has 2 fully saturated rings. The standard InChI is InChI=1S/C24H26N4O2S/c1-15(20-13-16-9-10-17(20)12-16)26-21(29)14-31-24-27-22-19(8-5-11-25-22)23(30)28(24)18-6-3-2-4-7-18/h2-8,11,15-17,20H,9-10,12-14H2,1H3,(H,26,29)/t15-,16+,17+,20+/m1/s1. The molecule has 1 N–H and O–H groups in total. The van der Waals surface area contributed by atoms with Gasteiger partial charge < -0.3 is 5.32 Å². The van der Waals surface area contributed by atoms with Crippen LogP contribution in [0.3, 0.4) is 0 Å². The number of hydrogen-bond acceptors (Lipinski definition) is 5. The molecule has 2 aliphatic carbocycles. The smallest absolute Gasteiger partial charge is 0.268 e. The van der Waals surface area contributed by atoms with Gasteiger partial charge in [0.15, 0.2) is 10.8 Å². The van der Waals surface area contributed by atoms with Gasteiger partial charge in [-0.2, -0.15) is 0 Å². The zero-order chi connectivity index (χ0) is 21.4. The van der Waals surface area contributed by atoms with Crippen molar-refractivity contribution < 1.29 is 4.79 Å². The van der Waals surface area contributed by atoms with Crippen molar-refractivity contribution in [2.24, 2.45) is 17.8 Å². The first-order valence-corrected chi connectivity index (χ1v) is 11.9. The van der Waals surface area contributed by atoms with Crippen molar-refractivity contribution in [3.8, 4) is 5.69 Å². The molecule has 1 amide bonds. The average molecular weight is 435 g/mol. The second-order valence-electron chi connectivity index (χ2n) is 8.73. The summed E-state index contributed by atoms with van der Waals surface area (Å²) in [6.45, 7) is 2.13. The zero-order valence-corrected chi connectivity index (χ0v) is 18.3. The van der Waals surface area contributed by atoms with Crippen molar-refractivity contribution in [3.63, 3.8) is 0 Å². The number of fused-ring (bicyclic) bond motifs is 3. The van der Waals surface area contributed by atoms with Crippen LogP contribution in [0.15, 0.2) is 58.6 Å². The van der Waals surface area contributed by atoms with E-state index in [-0.39, 0.29) is 23.3 Å². The van der Waals surface area contributed by atoms with E-state index >= 15 is 0 Å². The van der Waals surface area contributed by atoms with Crippen molar-refractivity contribution in [1.82, 2.24) is 19.9 Å². The summed E-state index contributed by atoms with van der Waals surface area (Å²) in [5, 5.41) is 4.14. The fourth-order valence-corrected chi connectivity index (χ4v) is 6.15. The van der Waals surface area contributed by atoms with Gasteiger partial charge in [0.05, 0.1) is 16.8 Å². The molecule has 31 heavy (non-hydrogen) atoms. The minimum absolute atomic E-state index is 0.0183. The van der Waals surface area contributed by atoms with Crippen LogP contribution in [0.25, 0.3) is 16.7 Å². The molecule has 2 saturated carbocycles. The van der Waals surface area contributed by atoms with Crippen LogP contribution < -0.4 is 10.9 Å². The zero-order valence-electron chi connectivity index (χ0n) is 17.5. The maximum absolute atomic E-state index is 13.2. The Bertz CT molecular complexity index is 1160. The lowest BCUT2D eigenvalue weighted by Crippen LogP contribution is -2.41. The molecule has 0 unspecified atom stereocenters. The lowest BCUT2D eigenvalue weighted by atomic mass is 9.84. The van der Waals surface area contributed by atoms with E-state index in [0.29, 0.717) is 22.1 Å². The number of nitrogens with one attached hydrogen (secondary N) is 1. The first kappa shape index (κ1) is 20.2. The average Bonchev–Trinajstić information content (AvgIpc) is 3.42. The van der Waals surface area contributed by atoms with Crippen LogP contribution in [0.2, 0.25) is 0 Å². The van der Waals surface area contributed by atoms with Crippen LogP contribution in [0.5, 0.6) is 0 Å². The monoisotopic (exact) mass is 434 g/mol. The summed E-state index contributed by atoms with van der Waals surface area (Å²) in [5.41, 5.74) is 0.949. The molecule has 160 valence electrons. The van der Waals surface area contributed by atoms with Crippen LogP contribution in [0.1, 0.15) is 32.6 Å². The number of pyridine rings is 1. The van der Waals surface area contributed by atoms with Gasteiger partial charge in [0.1, 0.15) is 0 Å². The molecule has 3 aromatic rings. The van der Waals surface area contributed by atoms with E-state index in [1.165, 1.54) is 37.4 Å². The lowest BCUT2D eigenvalue weighted by molar-refractivity contribution is -0.119. The number of nitrogens with zero attached hydrogens (tertiary/aromatic N) is 3. The summed E-state index contributed by atoms with van der Waals surface area (Å²) in [4.78, 5) is 34.8. The van der Waals surface area contributed by atoms with Crippen LogP contribution in [-0.4, -0.2) is 32.2 Å². The maximum atomic E-state index is 13.2. The number of hydrogen-bond donors (Lipinski definition) is 1. The Labute approximate surface area is 185 Å². The third-order valence-corrected chi connectivity index (χ3v) is 7.72. The van der Waals surface area contributed by atoms with Gasteiger partial charge in [-0.05, 0) is 68.2 Å². The summed E-state index contributed by atoms with van der Waals surface area (Å²) in [6.07, 6.45) is 6.86. The van der Waals surface area contributed by atoms with Crippen LogP contribution >= 0.6 is 11.8 Å². The Morgan fingerprint density at radius 3 is 2.77 bits per heavy atom. The normalized spacial score (nSPS) is 23.2. The van der Waals surface area contributed by atoms with Gasteiger partial charge in [0.25, 0.3) is 5.56 Å². The predicted molar refractivity (Wildman–Crippen MR) is 122 cm³/mol. The second-order valence-corrected chi connectivity index (χ2v) is 9.67. The number of carbonyl (C=O) groups excluding carboxylic acids is 1. The Morgan fingerprint density at radius 2 is 2.03 bits per heavy atom. The quantitative estimate of drug-likeness (QED) is 0.472. The van der Waals surface area contributed by atoms with Gasteiger partial charge in [-0.3, -0.25) is 14.2 Å². The summed E-state index contributed by atoms with van der Waals surface area (Å²) in [5.74, 6) is 2.42. The largest absolute Gasteiger partial charge is 0.353 e. The van der Waals surface area contributed by atoms with Crippen molar-refractivity contribution in [2.75, 3.05) is 5.75 Å². The number of carbonyl (C=O) groups is 1. The molecule has 0 spiro atoms. The summed E-state index contributed by atoms with van der Waals surface area (Å²) in [7, 11) is 0. The molecule has 7 heteroatoms. The SMILES string of the molecule is C[C@@H](NC(=O)CSc1nc2ncccc2c(=O)n1-c1ccccc1)[C@@H]1C[C@H]2CC[C@H]1C2. The topological polar surface area (TPSA) is 76.9 Å². The van der Waals surface area contributed by atoms with Crippen LogP contribution in [-0.2, 0) is 4.79 Å². The highest BCUT2D eigenvalue weighted by Gasteiger charge is 2.42. The van der Waals surface area contributed by atoms with Gasteiger partial charge in [-0.1, -0.05) is 36.4 Å². The summed E-state index contributed by atoms with van der Waals surface area (Å²) >= 11 is 1.28. The van der Waals surface area contributed by atoms with Crippen molar-refractivity contribution >= 4 is 28.7 Å². The van der Waals surface area contributed by atoms with Crippen LogP contribution in [0, 0.1) is 17.8 Å². The molecule has 2 bridgehead atoms. The third kappa shape index (κ3) is 3.99. The number of thioether (sulfide) groups is 1. The summed E-state index contributed by atoms with van der Waals surface area (Å²) < 4.78 is 1.57. The predicted octanol–water partition coefficient (Wildman–Crippen LogP) is 3.81. The van der Waals surface area contributed by atoms with Gasteiger partial charge in [0.2, 0.25) is 5.91 Å². The number of para-hydroxylation sites is 1. The molecule has 0 radical (unpaired) electrons. The van der Waals surface area contributed by atoms with Gasteiger partial charge >= 0.3 is 0 Å². The minimum atomic E-state index is -0.178. The molecule has 2 aliphatic rings. The fourth-order valence-electron chi connectivity index (χ4n) is 5.34. The molecule has 5 rings (SSSR count). The highest BCUT2D eigenvalue weighted by atomic mass is 32.2. The van der Waals surface area contributed by atoms with Gasteiger partial charge in [-0.15, -0.1) is 0 Å². The highest BCUT2D eigenvalue weighted by Crippen LogP contribution is 2.49. The third-order valence-electron chi connectivity index (χ3n) is 6.78. The number of rotatable bonds is 6. The molecule has 6 nitrogen and oxygen atoms in total. The maximum Gasteiger partial charge on any atom is 0.268 e. The van der Waals surface area contributed by atoms with E-state index in [9.17, 15) is 9.59 Å². The molecular formula is C24H26N4O2S.